The summed E-state index contributed by atoms with van der Waals surface area (Å²) in [5.41, 5.74) is 1.06. The van der Waals surface area contributed by atoms with E-state index in [1.165, 1.54) is 4.70 Å². The summed E-state index contributed by atoms with van der Waals surface area (Å²) in [5.74, 6) is 0.529. The number of benzene rings is 1. The van der Waals surface area contributed by atoms with E-state index in [0.717, 1.165) is 49.3 Å². The molecule has 2 aliphatic rings. The highest BCUT2D eigenvalue weighted by molar-refractivity contribution is 7.18. The number of piperidine rings is 1. The summed E-state index contributed by atoms with van der Waals surface area (Å²) in [6.45, 7) is 4.02. The molecule has 2 aliphatic heterocycles. The fourth-order valence-electron chi connectivity index (χ4n) is 3.91. The fraction of sp³-hybridized carbons (Fsp3) is 0.556. The average molecular weight is 402 g/mol. The third-order valence-corrected chi connectivity index (χ3v) is 6.24. The van der Waals surface area contributed by atoms with Crippen molar-refractivity contribution in [2.45, 2.75) is 44.7 Å². The summed E-state index contributed by atoms with van der Waals surface area (Å²) >= 11 is 1.75. The minimum atomic E-state index is 0. The van der Waals surface area contributed by atoms with Gasteiger partial charge in [0, 0.05) is 18.5 Å². The largest absolute Gasteiger partial charge is 0.333 e. The molecule has 0 spiro atoms. The second-order valence-electron chi connectivity index (χ2n) is 6.79. The van der Waals surface area contributed by atoms with Crippen LogP contribution >= 0.6 is 36.2 Å². The molecule has 7 heteroatoms. The highest BCUT2D eigenvalue weighted by Gasteiger charge is 2.36. The molecule has 2 saturated heterocycles. The molecular formula is C18H25Cl2N3OS. The number of carbonyl (C=O) groups excluding carboxylic acids is 1. The van der Waals surface area contributed by atoms with Crippen LogP contribution in [0.2, 0.25) is 0 Å². The van der Waals surface area contributed by atoms with Crippen LogP contribution in [-0.4, -0.2) is 34.9 Å². The Balaban J connectivity index is 0.00000113. The Labute approximate surface area is 165 Å². The van der Waals surface area contributed by atoms with Crippen LogP contribution in [0.3, 0.4) is 0 Å². The Morgan fingerprint density at radius 3 is 2.84 bits per heavy atom. The van der Waals surface area contributed by atoms with Gasteiger partial charge in [-0.3, -0.25) is 4.79 Å². The summed E-state index contributed by atoms with van der Waals surface area (Å²) in [6, 6.07) is 8.89. The number of halogens is 2. The van der Waals surface area contributed by atoms with Crippen LogP contribution < -0.4 is 5.32 Å². The smallest absolute Gasteiger partial charge is 0.226 e. The van der Waals surface area contributed by atoms with Crippen molar-refractivity contribution in [1.29, 1.82) is 0 Å². The van der Waals surface area contributed by atoms with Gasteiger partial charge in [-0.05, 0) is 51.3 Å². The van der Waals surface area contributed by atoms with Gasteiger partial charge >= 0.3 is 0 Å². The Morgan fingerprint density at radius 2 is 2.08 bits per heavy atom. The monoisotopic (exact) mass is 401 g/mol. The third-order valence-electron chi connectivity index (χ3n) is 5.10. The molecule has 4 nitrogen and oxygen atoms in total. The highest BCUT2D eigenvalue weighted by Crippen LogP contribution is 2.38. The Bertz CT molecular complexity index is 690. The van der Waals surface area contributed by atoms with Crippen LogP contribution in [-0.2, 0) is 4.79 Å². The molecule has 2 aromatic rings. The van der Waals surface area contributed by atoms with Gasteiger partial charge in [-0.15, -0.1) is 36.2 Å². The zero-order chi connectivity index (χ0) is 15.8. The number of amides is 1. The van der Waals surface area contributed by atoms with Crippen molar-refractivity contribution >= 4 is 52.3 Å². The first-order valence-corrected chi connectivity index (χ1v) is 9.43. The van der Waals surface area contributed by atoms with Crippen LogP contribution in [0, 0.1) is 5.92 Å². The van der Waals surface area contributed by atoms with E-state index in [0.29, 0.717) is 11.9 Å². The first kappa shape index (κ1) is 20.4. The predicted octanol–water partition coefficient (Wildman–Crippen LogP) is 4.19. The lowest BCUT2D eigenvalue weighted by Gasteiger charge is -2.32. The molecule has 0 radical (unpaired) electrons. The van der Waals surface area contributed by atoms with E-state index in [2.05, 4.69) is 35.3 Å². The molecule has 0 aliphatic carbocycles. The zero-order valence-corrected chi connectivity index (χ0v) is 16.8. The SMILES string of the molecule is C[C@H]1C[C@@H](C(=O)N2CCCC2c2nc3ccccc3s2)CCN1.Cl.Cl. The van der Waals surface area contributed by atoms with Gasteiger partial charge in [0.25, 0.3) is 0 Å². The normalized spacial score (nSPS) is 26.1. The van der Waals surface area contributed by atoms with Crippen molar-refractivity contribution in [3.8, 4) is 0 Å². The molecule has 138 valence electrons. The van der Waals surface area contributed by atoms with Crippen LogP contribution in [0.5, 0.6) is 0 Å². The fourth-order valence-corrected chi connectivity index (χ4v) is 5.03. The zero-order valence-electron chi connectivity index (χ0n) is 14.3. The maximum absolute atomic E-state index is 13.0. The molecular weight excluding hydrogens is 377 g/mol. The van der Waals surface area contributed by atoms with Crippen molar-refractivity contribution in [3.63, 3.8) is 0 Å². The molecule has 1 aromatic carbocycles. The number of fused-ring (bicyclic) bond motifs is 1. The highest BCUT2D eigenvalue weighted by atomic mass is 35.5. The maximum Gasteiger partial charge on any atom is 0.226 e. The number of hydrogen-bond donors (Lipinski definition) is 1. The number of carbonyl (C=O) groups is 1. The minimum Gasteiger partial charge on any atom is -0.333 e. The molecule has 1 aromatic heterocycles. The van der Waals surface area contributed by atoms with Crippen LogP contribution in [0.15, 0.2) is 24.3 Å². The number of hydrogen-bond acceptors (Lipinski definition) is 4. The number of thiazole rings is 1. The summed E-state index contributed by atoms with van der Waals surface area (Å²) in [5, 5.41) is 4.55. The van der Waals surface area contributed by atoms with Gasteiger partial charge < -0.3 is 10.2 Å². The minimum absolute atomic E-state index is 0. The molecule has 2 fully saturated rings. The van der Waals surface area contributed by atoms with Gasteiger partial charge in [0.05, 0.1) is 16.3 Å². The number of rotatable bonds is 2. The standard InChI is InChI=1S/C18H23N3OS.2ClH/c1-12-11-13(8-9-19-12)18(22)21-10-4-6-15(21)17-20-14-5-2-3-7-16(14)23-17;;/h2-3,5,7,12-13,15,19H,4,6,8-11H2,1H3;2*1H/t12-,13-,15?;;/m0../s1. The van der Waals surface area contributed by atoms with E-state index in [9.17, 15) is 4.79 Å². The Hall–Kier alpha value is -0.880. The van der Waals surface area contributed by atoms with E-state index < -0.39 is 0 Å². The predicted molar refractivity (Wildman–Crippen MR) is 108 cm³/mol. The maximum atomic E-state index is 13.0. The Kier molecular flexibility index (Phi) is 7.09. The second kappa shape index (κ2) is 8.67. The topological polar surface area (TPSA) is 45.2 Å². The third kappa shape index (κ3) is 4.11. The summed E-state index contributed by atoms with van der Waals surface area (Å²) in [4.78, 5) is 19.9. The second-order valence-corrected chi connectivity index (χ2v) is 7.85. The molecule has 1 N–H and O–H groups in total. The van der Waals surface area contributed by atoms with Crippen LogP contribution in [0.1, 0.15) is 43.7 Å². The molecule has 3 atom stereocenters. The van der Waals surface area contributed by atoms with Crippen molar-refractivity contribution in [3.05, 3.63) is 29.3 Å². The summed E-state index contributed by atoms with van der Waals surface area (Å²) in [7, 11) is 0. The number of nitrogens with one attached hydrogen (secondary N) is 1. The first-order valence-electron chi connectivity index (χ1n) is 8.61. The molecule has 25 heavy (non-hydrogen) atoms. The summed E-state index contributed by atoms with van der Waals surface area (Å²) < 4.78 is 1.22. The lowest BCUT2D eigenvalue weighted by atomic mass is 9.92. The molecule has 1 unspecified atom stereocenters. The number of aromatic nitrogens is 1. The first-order chi connectivity index (χ1) is 11.2. The van der Waals surface area contributed by atoms with Gasteiger partial charge in [-0.2, -0.15) is 0 Å². The average Bonchev–Trinajstić information content (AvgIpc) is 3.20. The van der Waals surface area contributed by atoms with E-state index >= 15 is 0 Å². The van der Waals surface area contributed by atoms with E-state index in [1.807, 2.05) is 6.07 Å². The quantitative estimate of drug-likeness (QED) is 0.819. The van der Waals surface area contributed by atoms with Gasteiger partial charge in [0.1, 0.15) is 5.01 Å². The van der Waals surface area contributed by atoms with E-state index in [4.69, 9.17) is 4.98 Å². The van der Waals surface area contributed by atoms with E-state index in [-0.39, 0.29) is 36.8 Å². The molecule has 1 amide bonds. The van der Waals surface area contributed by atoms with Gasteiger partial charge in [-0.1, -0.05) is 12.1 Å². The number of para-hydroxylation sites is 1. The van der Waals surface area contributed by atoms with Crippen molar-refractivity contribution in [1.82, 2.24) is 15.2 Å². The Morgan fingerprint density at radius 1 is 1.28 bits per heavy atom. The lowest BCUT2D eigenvalue weighted by Crippen LogP contribution is -2.44. The lowest BCUT2D eigenvalue weighted by molar-refractivity contribution is -0.137. The van der Waals surface area contributed by atoms with Crippen LogP contribution in [0.25, 0.3) is 10.2 Å². The molecule has 3 heterocycles. The van der Waals surface area contributed by atoms with Crippen molar-refractivity contribution in [2.75, 3.05) is 13.1 Å². The molecule has 0 bridgehead atoms. The van der Waals surface area contributed by atoms with Crippen molar-refractivity contribution in [2.24, 2.45) is 5.92 Å². The van der Waals surface area contributed by atoms with Gasteiger partial charge in [0.2, 0.25) is 5.91 Å². The van der Waals surface area contributed by atoms with Gasteiger partial charge in [-0.25, -0.2) is 4.98 Å². The van der Waals surface area contributed by atoms with Crippen LogP contribution in [0.4, 0.5) is 0 Å². The molecule has 4 rings (SSSR count). The van der Waals surface area contributed by atoms with Crippen molar-refractivity contribution < 1.29 is 4.79 Å². The van der Waals surface area contributed by atoms with Gasteiger partial charge in [0.15, 0.2) is 0 Å². The summed E-state index contributed by atoms with van der Waals surface area (Å²) in [6.07, 6.45) is 4.06. The number of likely N-dealkylation sites (tertiary alicyclic amines) is 1. The van der Waals surface area contributed by atoms with E-state index in [1.54, 1.807) is 11.3 Å². The molecule has 0 saturated carbocycles. The number of nitrogens with zero attached hydrogens (tertiary/aromatic N) is 2.